The van der Waals surface area contributed by atoms with Crippen LogP contribution in [0.5, 0.6) is 0 Å². The summed E-state index contributed by atoms with van der Waals surface area (Å²) in [4.78, 5) is 19.1. The topological polar surface area (TPSA) is 66.0 Å². The van der Waals surface area contributed by atoms with Crippen LogP contribution in [0.4, 0.5) is 0 Å². The molecule has 0 bridgehead atoms. The Bertz CT molecular complexity index is 527. The van der Waals surface area contributed by atoms with Gasteiger partial charge in [0.05, 0.1) is 0 Å². The largest absolute Gasteiger partial charge is 0.382 e. The maximum Gasteiger partial charge on any atom is 0.243 e. The number of amides is 1. The van der Waals surface area contributed by atoms with Crippen LogP contribution in [0.15, 0.2) is 22.5 Å². The van der Waals surface area contributed by atoms with Crippen molar-refractivity contribution in [3.63, 3.8) is 0 Å². The number of guanidine groups is 1. The number of nitrogens with zero attached hydrogens (tertiary/aromatic N) is 2. The number of ether oxygens (including phenoxy) is 1. The van der Waals surface area contributed by atoms with E-state index in [9.17, 15) is 4.79 Å². The molecule has 142 valence electrons. The van der Waals surface area contributed by atoms with Gasteiger partial charge in [0, 0.05) is 50.7 Å². The van der Waals surface area contributed by atoms with Gasteiger partial charge in [-0.1, -0.05) is 19.9 Å². The number of thiophene rings is 1. The number of likely N-dealkylation sites (N-methyl/N-ethyl adjacent to an activating group) is 1. The van der Waals surface area contributed by atoms with E-state index in [2.05, 4.69) is 47.0 Å². The van der Waals surface area contributed by atoms with Gasteiger partial charge in [0.2, 0.25) is 5.91 Å². The SMILES string of the molecule is CCOCCCNC(=NCC(=O)N(C)C)NCC(C)(C)c1cccs1. The van der Waals surface area contributed by atoms with Crippen molar-refractivity contribution in [2.75, 3.05) is 46.9 Å². The van der Waals surface area contributed by atoms with E-state index < -0.39 is 0 Å². The number of hydrogen-bond acceptors (Lipinski definition) is 4. The summed E-state index contributed by atoms with van der Waals surface area (Å²) in [7, 11) is 3.47. The van der Waals surface area contributed by atoms with Crippen LogP contribution in [0.1, 0.15) is 32.1 Å². The number of nitrogens with one attached hydrogen (secondary N) is 2. The number of aliphatic imine (C=N–C) groups is 1. The smallest absolute Gasteiger partial charge is 0.243 e. The summed E-state index contributed by atoms with van der Waals surface area (Å²) in [6.07, 6.45) is 0.893. The van der Waals surface area contributed by atoms with E-state index in [0.717, 1.165) is 26.1 Å². The molecule has 0 radical (unpaired) electrons. The first-order valence-corrected chi connectivity index (χ1v) is 9.59. The lowest BCUT2D eigenvalue weighted by atomic mass is 9.91. The third-order valence-corrected chi connectivity index (χ3v) is 4.96. The van der Waals surface area contributed by atoms with Gasteiger partial charge in [0.25, 0.3) is 0 Å². The zero-order valence-corrected chi connectivity index (χ0v) is 16.9. The van der Waals surface area contributed by atoms with Crippen molar-refractivity contribution in [3.8, 4) is 0 Å². The molecule has 1 amide bonds. The predicted molar refractivity (Wildman–Crippen MR) is 105 cm³/mol. The molecule has 0 aromatic carbocycles. The lowest BCUT2D eigenvalue weighted by Crippen LogP contribution is -2.44. The standard InChI is InChI=1S/C18H32N4O2S/c1-6-24-11-8-10-19-17(20-13-16(23)22(4)5)21-14-18(2,3)15-9-7-12-25-15/h7,9,12H,6,8,10-11,13-14H2,1-5H3,(H2,19,20,21). The highest BCUT2D eigenvalue weighted by Gasteiger charge is 2.22. The number of hydrogen-bond donors (Lipinski definition) is 2. The Hall–Kier alpha value is -1.60. The monoisotopic (exact) mass is 368 g/mol. The van der Waals surface area contributed by atoms with Crippen molar-refractivity contribution in [1.82, 2.24) is 15.5 Å². The van der Waals surface area contributed by atoms with Crippen LogP contribution in [0.25, 0.3) is 0 Å². The highest BCUT2D eigenvalue weighted by molar-refractivity contribution is 7.10. The van der Waals surface area contributed by atoms with Crippen LogP contribution in [0.3, 0.4) is 0 Å². The van der Waals surface area contributed by atoms with Crippen LogP contribution in [-0.2, 0) is 14.9 Å². The average molecular weight is 369 g/mol. The third kappa shape index (κ3) is 8.36. The van der Waals surface area contributed by atoms with Gasteiger partial charge in [-0.25, -0.2) is 4.99 Å². The minimum absolute atomic E-state index is 0.00645. The molecule has 6 nitrogen and oxygen atoms in total. The second-order valence-corrected chi connectivity index (χ2v) is 7.59. The van der Waals surface area contributed by atoms with Crippen molar-refractivity contribution in [2.24, 2.45) is 4.99 Å². The predicted octanol–water partition coefficient (Wildman–Crippen LogP) is 2.08. The second-order valence-electron chi connectivity index (χ2n) is 6.64. The van der Waals surface area contributed by atoms with Crippen molar-refractivity contribution in [2.45, 2.75) is 32.6 Å². The summed E-state index contributed by atoms with van der Waals surface area (Å²) < 4.78 is 5.35. The minimum Gasteiger partial charge on any atom is -0.382 e. The van der Waals surface area contributed by atoms with Crippen LogP contribution in [0.2, 0.25) is 0 Å². The zero-order valence-electron chi connectivity index (χ0n) is 16.1. The first kappa shape index (κ1) is 21.4. The van der Waals surface area contributed by atoms with E-state index in [1.165, 1.54) is 4.88 Å². The minimum atomic E-state index is -0.0204. The van der Waals surface area contributed by atoms with Crippen LogP contribution in [0, 0.1) is 0 Å². The molecule has 0 aliphatic heterocycles. The molecule has 1 aromatic heterocycles. The van der Waals surface area contributed by atoms with Crippen LogP contribution in [-0.4, -0.2) is 63.7 Å². The average Bonchev–Trinajstić information content (AvgIpc) is 3.11. The molecule has 0 unspecified atom stereocenters. The summed E-state index contributed by atoms with van der Waals surface area (Å²) in [5.41, 5.74) is -0.00645. The van der Waals surface area contributed by atoms with Gasteiger partial charge in [-0.15, -0.1) is 11.3 Å². The van der Waals surface area contributed by atoms with Gasteiger partial charge >= 0.3 is 0 Å². The molecule has 0 saturated heterocycles. The summed E-state index contributed by atoms with van der Waals surface area (Å²) in [6, 6.07) is 4.22. The molecule has 1 heterocycles. The van der Waals surface area contributed by atoms with Gasteiger partial charge in [-0.05, 0) is 24.8 Å². The number of carbonyl (C=O) groups excluding carboxylic acids is 1. The van der Waals surface area contributed by atoms with E-state index in [4.69, 9.17) is 4.74 Å². The zero-order chi connectivity index (χ0) is 18.7. The van der Waals surface area contributed by atoms with E-state index in [1.807, 2.05) is 6.92 Å². The van der Waals surface area contributed by atoms with Crippen molar-refractivity contribution < 1.29 is 9.53 Å². The molecule has 0 fully saturated rings. The Morgan fingerprint density at radius 2 is 2.12 bits per heavy atom. The van der Waals surface area contributed by atoms with Crippen LogP contribution >= 0.6 is 11.3 Å². The van der Waals surface area contributed by atoms with E-state index in [0.29, 0.717) is 12.6 Å². The molecular formula is C18H32N4O2S. The molecule has 25 heavy (non-hydrogen) atoms. The molecule has 0 saturated carbocycles. The Kier molecular flexibility index (Phi) is 9.52. The lowest BCUT2D eigenvalue weighted by molar-refractivity contribution is -0.127. The van der Waals surface area contributed by atoms with Gasteiger partial charge in [-0.3, -0.25) is 4.79 Å². The number of rotatable bonds is 10. The summed E-state index contributed by atoms with van der Waals surface area (Å²) >= 11 is 1.75. The Morgan fingerprint density at radius 3 is 2.72 bits per heavy atom. The van der Waals surface area contributed by atoms with Crippen molar-refractivity contribution >= 4 is 23.2 Å². The van der Waals surface area contributed by atoms with Crippen LogP contribution < -0.4 is 10.6 Å². The highest BCUT2D eigenvalue weighted by Crippen LogP contribution is 2.26. The fourth-order valence-electron chi connectivity index (χ4n) is 2.04. The Labute approximate surface area is 155 Å². The molecule has 0 aliphatic rings. The van der Waals surface area contributed by atoms with Crippen molar-refractivity contribution in [1.29, 1.82) is 0 Å². The third-order valence-electron chi connectivity index (χ3n) is 3.72. The second kappa shape index (κ2) is 11.1. The van der Waals surface area contributed by atoms with Gasteiger partial charge < -0.3 is 20.3 Å². The molecule has 1 aromatic rings. The Morgan fingerprint density at radius 1 is 1.36 bits per heavy atom. The summed E-state index contributed by atoms with van der Waals surface area (Å²) in [6.45, 7) is 9.45. The maximum absolute atomic E-state index is 11.8. The van der Waals surface area contributed by atoms with Gasteiger partial charge in [0.1, 0.15) is 6.54 Å². The van der Waals surface area contributed by atoms with Crippen molar-refractivity contribution in [3.05, 3.63) is 22.4 Å². The fraction of sp³-hybridized carbons (Fsp3) is 0.667. The molecule has 0 aliphatic carbocycles. The Balaban J connectivity index is 2.60. The molecule has 2 N–H and O–H groups in total. The summed E-state index contributed by atoms with van der Waals surface area (Å²) in [5.74, 6) is 0.643. The molecule has 0 spiro atoms. The molecule has 1 rings (SSSR count). The van der Waals surface area contributed by atoms with E-state index >= 15 is 0 Å². The first-order valence-electron chi connectivity index (χ1n) is 8.71. The first-order chi connectivity index (χ1) is 11.9. The van der Waals surface area contributed by atoms with Gasteiger partial charge in [-0.2, -0.15) is 0 Å². The van der Waals surface area contributed by atoms with E-state index in [1.54, 1.807) is 30.3 Å². The maximum atomic E-state index is 11.8. The van der Waals surface area contributed by atoms with Gasteiger partial charge in [0.15, 0.2) is 5.96 Å². The summed E-state index contributed by atoms with van der Waals surface area (Å²) in [5, 5.41) is 8.74. The quantitative estimate of drug-likeness (QED) is 0.377. The fourth-order valence-corrected chi connectivity index (χ4v) is 2.90. The molecular weight excluding hydrogens is 336 g/mol. The van der Waals surface area contributed by atoms with E-state index in [-0.39, 0.29) is 17.9 Å². The highest BCUT2D eigenvalue weighted by atomic mass is 32.1. The molecule has 0 atom stereocenters. The molecule has 7 heteroatoms. The number of carbonyl (C=O) groups is 1. The lowest BCUT2D eigenvalue weighted by Gasteiger charge is -2.25. The normalized spacial score (nSPS) is 12.1.